The van der Waals surface area contributed by atoms with Gasteiger partial charge in [-0.05, 0) is 26.8 Å². The molecule has 3 rings (SSSR count). The third-order valence-corrected chi connectivity index (χ3v) is 3.47. The van der Waals surface area contributed by atoms with Gasteiger partial charge in [0, 0.05) is 28.2 Å². The number of hydrogen-bond donors (Lipinski definition) is 1. The topological polar surface area (TPSA) is 46.0 Å². The first-order valence-electron chi connectivity index (χ1n) is 6.27. The molecule has 0 aliphatic heterocycles. The molecule has 0 saturated heterocycles. The molecule has 0 bridgehead atoms. The Morgan fingerprint density at radius 1 is 1.16 bits per heavy atom. The van der Waals surface area contributed by atoms with E-state index in [0.29, 0.717) is 11.3 Å². The summed E-state index contributed by atoms with van der Waals surface area (Å²) < 4.78 is 5.64. The summed E-state index contributed by atoms with van der Waals surface area (Å²) in [5.74, 6) is 1.51. The van der Waals surface area contributed by atoms with Crippen LogP contribution in [0, 0.1) is 13.8 Å². The van der Waals surface area contributed by atoms with Crippen LogP contribution in [0.2, 0.25) is 0 Å². The average molecular weight is 253 g/mol. The van der Waals surface area contributed by atoms with E-state index in [1.165, 1.54) is 0 Å². The van der Waals surface area contributed by atoms with Gasteiger partial charge in [-0.15, -0.1) is 0 Å². The molecule has 3 nitrogen and oxygen atoms in total. The van der Waals surface area contributed by atoms with Gasteiger partial charge in [0.2, 0.25) is 0 Å². The number of aromatic nitrogens is 1. The smallest absolute Gasteiger partial charge is 0.163 e. The van der Waals surface area contributed by atoms with Crippen molar-refractivity contribution in [2.45, 2.75) is 20.8 Å². The Hall–Kier alpha value is -2.29. The number of furan rings is 1. The summed E-state index contributed by atoms with van der Waals surface area (Å²) >= 11 is 0. The lowest BCUT2D eigenvalue weighted by molar-refractivity contribution is 0.101. The van der Waals surface area contributed by atoms with E-state index in [1.807, 2.05) is 44.3 Å². The lowest BCUT2D eigenvalue weighted by Gasteiger charge is -2.01. The molecular formula is C16H15NO2. The summed E-state index contributed by atoms with van der Waals surface area (Å²) in [5.41, 5.74) is 3.67. The van der Waals surface area contributed by atoms with Gasteiger partial charge in [-0.3, -0.25) is 4.79 Å². The number of para-hydroxylation sites is 1. The number of fused-ring (bicyclic) bond motifs is 1. The van der Waals surface area contributed by atoms with E-state index in [1.54, 1.807) is 6.92 Å². The molecule has 0 amide bonds. The molecule has 1 aromatic carbocycles. The highest BCUT2D eigenvalue weighted by Gasteiger charge is 2.21. The average Bonchev–Trinajstić information content (AvgIpc) is 2.89. The maximum atomic E-state index is 11.9. The van der Waals surface area contributed by atoms with Crippen LogP contribution in [0.25, 0.3) is 22.0 Å². The van der Waals surface area contributed by atoms with Gasteiger partial charge in [-0.1, -0.05) is 18.2 Å². The van der Waals surface area contributed by atoms with E-state index in [4.69, 9.17) is 4.42 Å². The van der Waals surface area contributed by atoms with Gasteiger partial charge in [-0.2, -0.15) is 0 Å². The fourth-order valence-electron chi connectivity index (χ4n) is 2.71. The van der Waals surface area contributed by atoms with Crippen molar-refractivity contribution in [3.63, 3.8) is 0 Å². The molecule has 1 N–H and O–H groups in total. The summed E-state index contributed by atoms with van der Waals surface area (Å²) in [5, 5.41) is 1.11. The summed E-state index contributed by atoms with van der Waals surface area (Å²) in [4.78, 5) is 15.1. The van der Waals surface area contributed by atoms with Gasteiger partial charge in [-0.25, -0.2) is 0 Å². The van der Waals surface area contributed by atoms with Gasteiger partial charge in [0.05, 0.1) is 5.56 Å². The number of nitrogens with one attached hydrogen (secondary N) is 1. The Kier molecular flexibility index (Phi) is 2.56. The number of aromatic amines is 1. The first-order chi connectivity index (χ1) is 9.09. The molecule has 2 heterocycles. The number of benzene rings is 1. The largest absolute Gasteiger partial charge is 0.465 e. The van der Waals surface area contributed by atoms with Crippen LogP contribution in [0.5, 0.6) is 0 Å². The third kappa shape index (κ3) is 1.70. The Balaban J connectivity index is 2.36. The Bertz CT molecular complexity index is 777. The Morgan fingerprint density at radius 2 is 1.89 bits per heavy atom. The number of H-pyrrole nitrogens is 1. The van der Waals surface area contributed by atoms with Gasteiger partial charge < -0.3 is 9.40 Å². The minimum atomic E-state index is 0.0367. The van der Waals surface area contributed by atoms with Crippen molar-refractivity contribution in [3.8, 4) is 11.1 Å². The number of aryl methyl sites for hydroxylation is 2. The lowest BCUT2D eigenvalue weighted by atomic mass is 9.98. The minimum Gasteiger partial charge on any atom is -0.465 e. The maximum absolute atomic E-state index is 11.9. The van der Waals surface area contributed by atoms with E-state index in [2.05, 4.69) is 4.98 Å². The minimum absolute atomic E-state index is 0.0367. The quantitative estimate of drug-likeness (QED) is 0.694. The molecule has 2 aromatic heterocycles. The van der Waals surface area contributed by atoms with Crippen molar-refractivity contribution < 1.29 is 9.21 Å². The maximum Gasteiger partial charge on any atom is 0.163 e. The highest BCUT2D eigenvalue weighted by Crippen LogP contribution is 2.36. The molecule has 0 unspecified atom stereocenters. The van der Waals surface area contributed by atoms with Crippen LogP contribution in [0.15, 0.2) is 34.9 Å². The lowest BCUT2D eigenvalue weighted by Crippen LogP contribution is -1.95. The normalized spacial score (nSPS) is 11.1. The SMILES string of the molecule is CC(=O)c1c(C)oc(C)c1-c1c[nH]c2ccccc12. The van der Waals surface area contributed by atoms with Crippen LogP contribution in [0.3, 0.4) is 0 Å². The first kappa shape index (κ1) is 11.8. The van der Waals surface area contributed by atoms with Crippen molar-refractivity contribution in [1.82, 2.24) is 4.98 Å². The molecule has 0 aliphatic carbocycles. The Morgan fingerprint density at radius 3 is 2.63 bits per heavy atom. The highest BCUT2D eigenvalue weighted by molar-refractivity contribution is 6.07. The summed E-state index contributed by atoms with van der Waals surface area (Å²) in [6, 6.07) is 8.05. The van der Waals surface area contributed by atoms with Crippen LogP contribution >= 0.6 is 0 Å². The molecule has 3 aromatic rings. The van der Waals surface area contributed by atoms with Gasteiger partial charge in [0.15, 0.2) is 5.78 Å². The first-order valence-corrected chi connectivity index (χ1v) is 6.27. The number of rotatable bonds is 2. The van der Waals surface area contributed by atoms with Crippen molar-refractivity contribution >= 4 is 16.7 Å². The van der Waals surface area contributed by atoms with Crippen molar-refractivity contribution in [1.29, 1.82) is 0 Å². The fourth-order valence-corrected chi connectivity index (χ4v) is 2.71. The van der Waals surface area contributed by atoms with Crippen LogP contribution in [-0.2, 0) is 0 Å². The monoisotopic (exact) mass is 253 g/mol. The fraction of sp³-hybridized carbons (Fsp3) is 0.188. The van der Waals surface area contributed by atoms with Crippen LogP contribution in [0.4, 0.5) is 0 Å². The van der Waals surface area contributed by atoms with Crippen molar-refractivity contribution in [3.05, 3.63) is 47.5 Å². The second kappa shape index (κ2) is 4.12. The molecule has 0 saturated carbocycles. The zero-order valence-electron chi connectivity index (χ0n) is 11.2. The Labute approximate surface area is 111 Å². The molecular weight excluding hydrogens is 238 g/mol. The van der Waals surface area contributed by atoms with E-state index < -0.39 is 0 Å². The zero-order valence-corrected chi connectivity index (χ0v) is 11.2. The summed E-state index contributed by atoms with van der Waals surface area (Å²) in [7, 11) is 0. The number of hydrogen-bond acceptors (Lipinski definition) is 2. The summed E-state index contributed by atoms with van der Waals surface area (Å²) in [6.45, 7) is 5.31. The van der Waals surface area contributed by atoms with Gasteiger partial charge in [0.1, 0.15) is 11.5 Å². The highest BCUT2D eigenvalue weighted by atomic mass is 16.3. The number of ketones is 1. The number of carbonyl (C=O) groups excluding carboxylic acids is 1. The molecule has 19 heavy (non-hydrogen) atoms. The van der Waals surface area contributed by atoms with Crippen LogP contribution < -0.4 is 0 Å². The molecule has 0 radical (unpaired) electrons. The van der Waals surface area contributed by atoms with Crippen LogP contribution in [-0.4, -0.2) is 10.8 Å². The third-order valence-electron chi connectivity index (χ3n) is 3.47. The van der Waals surface area contributed by atoms with Crippen LogP contribution in [0.1, 0.15) is 28.8 Å². The molecule has 3 heteroatoms. The molecule has 0 aliphatic rings. The summed E-state index contributed by atoms with van der Waals surface area (Å²) in [6.07, 6.45) is 1.94. The number of Topliss-reactive ketones (excluding diaryl/α,β-unsaturated/α-hetero) is 1. The predicted molar refractivity (Wildman–Crippen MR) is 75.5 cm³/mol. The van der Waals surface area contributed by atoms with E-state index >= 15 is 0 Å². The molecule has 0 fully saturated rings. The van der Waals surface area contributed by atoms with E-state index in [9.17, 15) is 4.79 Å². The second-order valence-corrected chi connectivity index (χ2v) is 4.77. The zero-order chi connectivity index (χ0) is 13.6. The molecule has 96 valence electrons. The van der Waals surface area contributed by atoms with Gasteiger partial charge >= 0.3 is 0 Å². The van der Waals surface area contributed by atoms with E-state index in [0.717, 1.165) is 27.8 Å². The van der Waals surface area contributed by atoms with Crippen molar-refractivity contribution in [2.75, 3.05) is 0 Å². The standard InChI is InChI=1S/C16H15NO2/c1-9(18)15-10(2)19-11(3)16(15)13-8-17-14-7-5-4-6-12(13)14/h4-8,17H,1-3H3. The second-order valence-electron chi connectivity index (χ2n) is 4.77. The van der Waals surface area contributed by atoms with Gasteiger partial charge in [0.25, 0.3) is 0 Å². The van der Waals surface area contributed by atoms with Crippen molar-refractivity contribution in [2.24, 2.45) is 0 Å². The predicted octanol–water partition coefficient (Wildman–Crippen LogP) is 4.25. The molecule has 0 spiro atoms. The molecule has 0 atom stereocenters. The van der Waals surface area contributed by atoms with E-state index in [-0.39, 0.29) is 5.78 Å². The number of carbonyl (C=O) groups is 1.